The van der Waals surface area contributed by atoms with Gasteiger partial charge in [0.2, 0.25) is 5.91 Å². The van der Waals surface area contributed by atoms with Crippen LogP contribution in [0.2, 0.25) is 0 Å². The van der Waals surface area contributed by atoms with Crippen molar-refractivity contribution in [1.29, 1.82) is 0 Å². The number of hydrogen-bond donors (Lipinski definition) is 6. The number of nitrogens with zero attached hydrogens (tertiary/aromatic N) is 1. The van der Waals surface area contributed by atoms with Crippen molar-refractivity contribution >= 4 is 47.1 Å². The summed E-state index contributed by atoms with van der Waals surface area (Å²) in [7, 11) is 0. The fourth-order valence-electron chi connectivity index (χ4n) is 5.27. The quantitative estimate of drug-likeness (QED) is 0.140. The maximum atomic E-state index is 14.1. The minimum absolute atomic E-state index is 0.0882. The predicted octanol–water partition coefficient (Wildman–Crippen LogP) is 4.13. The molecule has 12 heteroatoms. The van der Waals surface area contributed by atoms with Crippen LogP contribution in [0.5, 0.6) is 0 Å². The zero-order valence-electron chi connectivity index (χ0n) is 27.3. The molecule has 3 aromatic carbocycles. The molecule has 0 saturated carbocycles. The van der Waals surface area contributed by atoms with Crippen LogP contribution in [0.3, 0.4) is 0 Å². The van der Waals surface area contributed by atoms with E-state index in [0.29, 0.717) is 25.4 Å². The standard InChI is InChI=1S/C35H45N5O5S2/c1-5-36-34(45)37-18-25-8-6-7-9-28(25)24-12-10-23(11-13-24)20-40-30-15-14-27(46-4)16-31(30)47-22-29(33(40)44)39-32(43)17-35(2,3)38-19-26(42)21-41/h6-16,26,29,38,41-42H,5,17-22H2,1-4H3,(H,39,43)(H2,36,37,45)/t26-,29+/m0/s1. The van der Waals surface area contributed by atoms with Crippen molar-refractivity contribution in [2.45, 2.75) is 67.8 Å². The second-order valence-corrected chi connectivity index (χ2v) is 14.0. The molecule has 4 rings (SSSR count). The number of urea groups is 1. The number of aliphatic hydroxyl groups is 2. The number of carbonyl (C=O) groups excluding carboxylic acids is 3. The van der Waals surface area contributed by atoms with Crippen molar-refractivity contribution in [2.24, 2.45) is 0 Å². The maximum Gasteiger partial charge on any atom is 0.315 e. The zero-order valence-corrected chi connectivity index (χ0v) is 29.0. The van der Waals surface area contributed by atoms with Crippen LogP contribution >= 0.6 is 23.5 Å². The first-order valence-electron chi connectivity index (χ1n) is 15.7. The van der Waals surface area contributed by atoms with E-state index in [9.17, 15) is 19.5 Å². The summed E-state index contributed by atoms with van der Waals surface area (Å²) in [6.07, 6.45) is 1.18. The predicted molar refractivity (Wildman–Crippen MR) is 190 cm³/mol. The number of rotatable bonds is 14. The lowest BCUT2D eigenvalue weighted by atomic mass is 9.98. The molecule has 0 spiro atoms. The number of anilines is 1. The molecule has 0 aromatic heterocycles. The molecule has 0 fully saturated rings. The highest BCUT2D eigenvalue weighted by Gasteiger charge is 2.33. The Balaban J connectivity index is 1.53. The Morgan fingerprint density at radius 3 is 2.53 bits per heavy atom. The molecule has 2 atom stereocenters. The molecule has 1 heterocycles. The van der Waals surface area contributed by atoms with Crippen molar-refractivity contribution < 1.29 is 24.6 Å². The molecule has 4 amide bonds. The van der Waals surface area contributed by atoms with Gasteiger partial charge in [-0.05, 0) is 67.5 Å². The average Bonchev–Trinajstić information content (AvgIpc) is 3.18. The lowest BCUT2D eigenvalue weighted by Gasteiger charge is -2.29. The Morgan fingerprint density at radius 2 is 1.83 bits per heavy atom. The van der Waals surface area contributed by atoms with Crippen LogP contribution in [-0.4, -0.2) is 77.4 Å². The highest BCUT2D eigenvalue weighted by molar-refractivity contribution is 8.00. The highest BCUT2D eigenvalue weighted by Crippen LogP contribution is 2.38. The van der Waals surface area contributed by atoms with Crippen molar-refractivity contribution in [2.75, 3.05) is 36.6 Å². The molecule has 0 bridgehead atoms. The first-order chi connectivity index (χ1) is 22.5. The van der Waals surface area contributed by atoms with Crippen LogP contribution in [0.15, 0.2) is 76.5 Å². The Hall–Kier alpha value is -3.55. The van der Waals surface area contributed by atoms with Gasteiger partial charge in [0.25, 0.3) is 5.91 Å². The summed E-state index contributed by atoms with van der Waals surface area (Å²) in [6.45, 7) is 6.60. The maximum absolute atomic E-state index is 14.1. The van der Waals surface area contributed by atoms with Gasteiger partial charge in [-0.25, -0.2) is 4.79 Å². The zero-order chi connectivity index (χ0) is 34.0. The summed E-state index contributed by atoms with van der Waals surface area (Å²) in [5.41, 5.74) is 4.09. The molecule has 47 heavy (non-hydrogen) atoms. The second-order valence-electron chi connectivity index (χ2n) is 12.0. The molecule has 1 aliphatic heterocycles. The minimum Gasteiger partial charge on any atom is -0.394 e. The monoisotopic (exact) mass is 679 g/mol. The van der Waals surface area contributed by atoms with Gasteiger partial charge >= 0.3 is 6.03 Å². The van der Waals surface area contributed by atoms with Gasteiger partial charge in [0.05, 0.1) is 24.9 Å². The molecular weight excluding hydrogens is 635 g/mol. The number of nitrogens with one attached hydrogen (secondary N) is 4. The highest BCUT2D eigenvalue weighted by atomic mass is 32.2. The van der Waals surface area contributed by atoms with E-state index in [1.54, 1.807) is 28.4 Å². The number of β-amino-alcohol motifs (C(OH)–C–C–N with tert-alkyl or cyclic N) is 1. The van der Waals surface area contributed by atoms with E-state index in [1.165, 1.54) is 0 Å². The summed E-state index contributed by atoms with van der Waals surface area (Å²) in [5, 5.41) is 30.6. The molecular formula is C35H45N5O5S2. The molecule has 1 aliphatic rings. The Kier molecular flexibility index (Phi) is 13.1. The third kappa shape index (κ3) is 10.2. The lowest BCUT2D eigenvalue weighted by molar-refractivity contribution is -0.128. The van der Waals surface area contributed by atoms with Crippen LogP contribution in [-0.2, 0) is 22.7 Å². The number of aliphatic hydroxyl groups excluding tert-OH is 2. The largest absolute Gasteiger partial charge is 0.394 e. The third-order valence-electron chi connectivity index (χ3n) is 7.79. The summed E-state index contributed by atoms with van der Waals surface area (Å²) in [5.74, 6) is -0.0719. The van der Waals surface area contributed by atoms with E-state index < -0.39 is 17.7 Å². The molecule has 0 unspecified atom stereocenters. The van der Waals surface area contributed by atoms with Gasteiger partial charge in [0.1, 0.15) is 6.04 Å². The number of amides is 4. The van der Waals surface area contributed by atoms with Gasteiger partial charge < -0.3 is 36.4 Å². The Bertz CT molecular complexity index is 1530. The smallest absolute Gasteiger partial charge is 0.315 e. The Morgan fingerprint density at radius 1 is 1.09 bits per heavy atom. The van der Waals surface area contributed by atoms with Gasteiger partial charge in [0.15, 0.2) is 0 Å². The van der Waals surface area contributed by atoms with Crippen molar-refractivity contribution in [3.05, 3.63) is 77.9 Å². The fourth-order valence-corrected chi connectivity index (χ4v) is 6.90. The number of fused-ring (bicyclic) bond motifs is 1. The van der Waals surface area contributed by atoms with E-state index in [4.69, 9.17) is 5.11 Å². The summed E-state index contributed by atoms with van der Waals surface area (Å²) in [6, 6.07) is 21.1. The van der Waals surface area contributed by atoms with Gasteiger partial charge in [0, 0.05) is 47.1 Å². The van der Waals surface area contributed by atoms with Crippen LogP contribution in [0.1, 0.15) is 38.3 Å². The van der Waals surface area contributed by atoms with Crippen LogP contribution < -0.4 is 26.2 Å². The third-order valence-corrected chi connectivity index (χ3v) is 9.66. The number of thioether (sulfide) groups is 2. The Labute approximate surface area is 285 Å². The molecule has 3 aromatic rings. The molecule has 0 saturated heterocycles. The van der Waals surface area contributed by atoms with Gasteiger partial charge in [-0.3, -0.25) is 9.59 Å². The molecule has 252 valence electrons. The van der Waals surface area contributed by atoms with E-state index >= 15 is 0 Å². The van der Waals surface area contributed by atoms with Crippen molar-refractivity contribution in [3.63, 3.8) is 0 Å². The van der Waals surface area contributed by atoms with Crippen LogP contribution in [0.25, 0.3) is 11.1 Å². The average molecular weight is 680 g/mol. The van der Waals surface area contributed by atoms with Crippen molar-refractivity contribution in [1.82, 2.24) is 21.3 Å². The summed E-state index contributed by atoms with van der Waals surface area (Å²) < 4.78 is 0. The normalized spacial score (nSPS) is 15.4. The van der Waals surface area contributed by atoms with Crippen molar-refractivity contribution in [3.8, 4) is 11.1 Å². The summed E-state index contributed by atoms with van der Waals surface area (Å²) >= 11 is 3.19. The number of carbonyl (C=O) groups is 3. The SMILES string of the molecule is CCNC(=O)NCc1ccccc1-c1ccc(CN2C(=O)[C@H](NC(=O)CC(C)(C)NC[C@H](O)CO)CSc3cc(SC)ccc32)cc1. The summed E-state index contributed by atoms with van der Waals surface area (Å²) in [4.78, 5) is 43.1. The van der Waals surface area contributed by atoms with Gasteiger partial charge in [-0.1, -0.05) is 48.5 Å². The van der Waals surface area contributed by atoms with Gasteiger partial charge in [-0.2, -0.15) is 0 Å². The van der Waals surface area contributed by atoms with Gasteiger partial charge in [-0.15, -0.1) is 23.5 Å². The minimum atomic E-state index is -0.921. The fraction of sp³-hybridized carbons (Fsp3) is 0.400. The van der Waals surface area contributed by atoms with E-state index in [1.807, 2.05) is 87.7 Å². The second kappa shape index (κ2) is 17.0. The number of hydrogen-bond acceptors (Lipinski definition) is 8. The van der Waals surface area contributed by atoms with E-state index in [2.05, 4.69) is 27.3 Å². The lowest BCUT2D eigenvalue weighted by Crippen LogP contribution is -2.52. The first kappa shape index (κ1) is 36.3. The number of benzene rings is 3. The van der Waals surface area contributed by atoms with Crippen LogP contribution in [0.4, 0.5) is 10.5 Å². The topological polar surface area (TPSA) is 143 Å². The molecule has 0 aliphatic carbocycles. The molecule has 10 nitrogen and oxygen atoms in total. The first-order valence-corrected chi connectivity index (χ1v) is 17.9. The van der Waals surface area contributed by atoms with E-state index in [-0.39, 0.29) is 37.4 Å². The van der Waals surface area contributed by atoms with E-state index in [0.717, 1.165) is 37.7 Å². The van der Waals surface area contributed by atoms with Crippen LogP contribution in [0, 0.1) is 0 Å². The molecule has 6 N–H and O–H groups in total. The molecule has 0 radical (unpaired) electrons.